The minimum atomic E-state index is -3.83. The molecule has 1 saturated carbocycles. The molecule has 0 spiro atoms. The quantitative estimate of drug-likeness (QED) is 0.556. The Bertz CT molecular complexity index is 1040. The number of rotatable bonds is 8. The van der Waals surface area contributed by atoms with E-state index >= 15 is 0 Å². The molecule has 1 aliphatic rings. The fourth-order valence-electron chi connectivity index (χ4n) is 3.86. The number of halogens is 2. The molecule has 1 atom stereocenters. The number of carbonyl (C=O) groups is 1. The number of benzene rings is 2. The SMILES string of the molecule is CN(C)CC(NS(=O)(=O)c1ccc(C(=O)NC2CCCCC2)cc1)c1ccc(Cl)c(Cl)c1. The molecule has 1 amide bonds. The summed E-state index contributed by atoms with van der Waals surface area (Å²) in [6, 6.07) is 10.7. The maximum atomic E-state index is 13.1. The maximum Gasteiger partial charge on any atom is 0.251 e. The minimum Gasteiger partial charge on any atom is -0.349 e. The monoisotopic (exact) mass is 497 g/mol. The fourth-order valence-corrected chi connectivity index (χ4v) is 5.38. The van der Waals surface area contributed by atoms with Crippen LogP contribution in [0.25, 0.3) is 0 Å². The van der Waals surface area contributed by atoms with Crippen LogP contribution < -0.4 is 10.0 Å². The normalized spacial score (nSPS) is 16.2. The first kappa shape index (κ1) is 25.0. The van der Waals surface area contributed by atoms with Gasteiger partial charge >= 0.3 is 0 Å². The van der Waals surface area contributed by atoms with Gasteiger partial charge in [0, 0.05) is 18.2 Å². The van der Waals surface area contributed by atoms with Crippen LogP contribution in [0.1, 0.15) is 54.1 Å². The molecule has 0 bridgehead atoms. The molecule has 32 heavy (non-hydrogen) atoms. The number of likely N-dealkylation sites (N-methyl/N-ethyl adjacent to an activating group) is 1. The summed E-state index contributed by atoms with van der Waals surface area (Å²) in [5.41, 5.74) is 1.16. The molecule has 2 N–H and O–H groups in total. The van der Waals surface area contributed by atoms with Gasteiger partial charge in [0.2, 0.25) is 10.0 Å². The lowest BCUT2D eigenvalue weighted by atomic mass is 9.95. The highest BCUT2D eigenvalue weighted by Crippen LogP contribution is 2.27. The van der Waals surface area contributed by atoms with Gasteiger partial charge in [0.1, 0.15) is 0 Å². The van der Waals surface area contributed by atoms with E-state index in [2.05, 4.69) is 10.0 Å². The molecule has 0 radical (unpaired) electrons. The molecule has 2 aromatic carbocycles. The average Bonchev–Trinajstić information content (AvgIpc) is 2.75. The van der Waals surface area contributed by atoms with E-state index in [1.165, 1.54) is 18.6 Å². The predicted molar refractivity (Wildman–Crippen MR) is 129 cm³/mol. The molecule has 9 heteroatoms. The van der Waals surface area contributed by atoms with Gasteiger partial charge in [-0.1, -0.05) is 48.5 Å². The van der Waals surface area contributed by atoms with Gasteiger partial charge in [0.15, 0.2) is 0 Å². The van der Waals surface area contributed by atoms with Gasteiger partial charge in [-0.05, 0) is 68.9 Å². The number of nitrogens with one attached hydrogen (secondary N) is 2. The maximum absolute atomic E-state index is 13.1. The fraction of sp³-hybridized carbons (Fsp3) is 0.435. The van der Waals surface area contributed by atoms with Crippen LogP contribution in [0.4, 0.5) is 0 Å². The van der Waals surface area contributed by atoms with Crippen LogP contribution in [0, 0.1) is 0 Å². The predicted octanol–water partition coefficient (Wildman–Crippen LogP) is 4.64. The molecule has 6 nitrogen and oxygen atoms in total. The minimum absolute atomic E-state index is 0.0931. The third-order valence-electron chi connectivity index (χ3n) is 5.56. The van der Waals surface area contributed by atoms with Gasteiger partial charge < -0.3 is 10.2 Å². The van der Waals surface area contributed by atoms with Gasteiger partial charge in [-0.2, -0.15) is 0 Å². The highest BCUT2D eigenvalue weighted by molar-refractivity contribution is 7.89. The summed E-state index contributed by atoms with van der Waals surface area (Å²) in [7, 11) is -0.111. The lowest BCUT2D eigenvalue weighted by Gasteiger charge is -2.23. The van der Waals surface area contributed by atoms with E-state index in [4.69, 9.17) is 23.2 Å². The Labute approximate surface area is 200 Å². The number of hydrogen-bond donors (Lipinski definition) is 2. The van der Waals surface area contributed by atoms with Crippen LogP contribution in [0.2, 0.25) is 10.0 Å². The van der Waals surface area contributed by atoms with Gasteiger partial charge in [-0.3, -0.25) is 4.79 Å². The summed E-state index contributed by atoms with van der Waals surface area (Å²) in [4.78, 5) is 14.5. The molecule has 0 saturated heterocycles. The molecule has 1 aliphatic carbocycles. The molecular weight excluding hydrogens is 469 g/mol. The Morgan fingerprint density at radius 1 is 1.03 bits per heavy atom. The van der Waals surface area contributed by atoms with Crippen molar-refractivity contribution in [2.45, 2.75) is 49.1 Å². The Hall–Kier alpha value is -1.64. The zero-order chi connectivity index (χ0) is 23.3. The Morgan fingerprint density at radius 3 is 2.28 bits per heavy atom. The molecule has 3 rings (SSSR count). The van der Waals surface area contributed by atoms with Crippen molar-refractivity contribution in [1.82, 2.24) is 14.9 Å². The van der Waals surface area contributed by atoms with Crippen molar-refractivity contribution < 1.29 is 13.2 Å². The van der Waals surface area contributed by atoms with E-state index in [0.717, 1.165) is 25.7 Å². The number of nitrogens with zero attached hydrogens (tertiary/aromatic N) is 1. The highest BCUT2D eigenvalue weighted by atomic mass is 35.5. The Kier molecular flexibility index (Phi) is 8.58. The summed E-state index contributed by atoms with van der Waals surface area (Å²) >= 11 is 12.1. The zero-order valence-corrected chi connectivity index (χ0v) is 20.6. The number of hydrogen-bond acceptors (Lipinski definition) is 4. The molecule has 1 fully saturated rings. The molecule has 174 valence electrons. The number of sulfonamides is 1. The topological polar surface area (TPSA) is 78.5 Å². The first-order valence-electron chi connectivity index (χ1n) is 10.7. The van der Waals surface area contributed by atoms with E-state index in [1.807, 2.05) is 19.0 Å². The second kappa shape index (κ2) is 11.0. The van der Waals surface area contributed by atoms with Crippen molar-refractivity contribution >= 4 is 39.1 Å². The van der Waals surface area contributed by atoms with Gasteiger partial charge in [-0.25, -0.2) is 13.1 Å². The smallest absolute Gasteiger partial charge is 0.251 e. The van der Waals surface area contributed by atoms with E-state index in [0.29, 0.717) is 27.7 Å². The van der Waals surface area contributed by atoms with E-state index in [-0.39, 0.29) is 16.8 Å². The molecular formula is C23H29Cl2N3O3S. The van der Waals surface area contributed by atoms with Crippen molar-refractivity contribution in [3.05, 3.63) is 63.6 Å². The second-order valence-electron chi connectivity index (χ2n) is 8.44. The third-order valence-corrected chi connectivity index (χ3v) is 7.78. The lowest BCUT2D eigenvalue weighted by Crippen LogP contribution is -2.36. The van der Waals surface area contributed by atoms with Crippen LogP contribution in [-0.2, 0) is 10.0 Å². The lowest BCUT2D eigenvalue weighted by molar-refractivity contribution is 0.0927. The largest absolute Gasteiger partial charge is 0.349 e. The van der Waals surface area contributed by atoms with Crippen LogP contribution in [-0.4, -0.2) is 45.9 Å². The van der Waals surface area contributed by atoms with Crippen molar-refractivity contribution in [3.8, 4) is 0 Å². The van der Waals surface area contributed by atoms with Crippen LogP contribution in [0.3, 0.4) is 0 Å². The first-order chi connectivity index (χ1) is 15.2. The van der Waals surface area contributed by atoms with Crippen LogP contribution in [0.15, 0.2) is 47.4 Å². The standard InChI is InChI=1S/C23H29Cl2N3O3S/c1-28(2)15-22(17-10-13-20(24)21(25)14-17)27-32(30,31)19-11-8-16(9-12-19)23(29)26-18-6-4-3-5-7-18/h8-14,18,22,27H,3-7,15H2,1-2H3,(H,26,29). The Morgan fingerprint density at radius 2 is 1.69 bits per heavy atom. The summed E-state index contributed by atoms with van der Waals surface area (Å²) < 4.78 is 28.9. The summed E-state index contributed by atoms with van der Waals surface area (Å²) in [6.07, 6.45) is 5.44. The van der Waals surface area contributed by atoms with E-state index in [1.54, 1.807) is 30.3 Å². The molecule has 2 aromatic rings. The average molecular weight is 498 g/mol. The van der Waals surface area contributed by atoms with Gasteiger partial charge in [0.25, 0.3) is 5.91 Å². The summed E-state index contributed by atoms with van der Waals surface area (Å²) in [6.45, 7) is 0.430. The highest BCUT2D eigenvalue weighted by Gasteiger charge is 2.23. The van der Waals surface area contributed by atoms with Gasteiger partial charge in [0.05, 0.1) is 21.0 Å². The van der Waals surface area contributed by atoms with E-state index in [9.17, 15) is 13.2 Å². The van der Waals surface area contributed by atoms with Crippen molar-refractivity contribution in [1.29, 1.82) is 0 Å². The second-order valence-corrected chi connectivity index (χ2v) is 11.0. The number of amides is 1. The summed E-state index contributed by atoms with van der Waals surface area (Å²) in [5, 5.41) is 3.81. The number of carbonyl (C=O) groups excluding carboxylic acids is 1. The van der Waals surface area contributed by atoms with E-state index < -0.39 is 16.1 Å². The Balaban J connectivity index is 1.74. The molecule has 0 heterocycles. The molecule has 0 aliphatic heterocycles. The molecule has 0 aromatic heterocycles. The van der Waals surface area contributed by atoms with Gasteiger partial charge in [-0.15, -0.1) is 0 Å². The zero-order valence-electron chi connectivity index (χ0n) is 18.3. The summed E-state index contributed by atoms with van der Waals surface area (Å²) in [5.74, 6) is -0.171. The molecule has 1 unspecified atom stereocenters. The van der Waals surface area contributed by atoms with Crippen LogP contribution >= 0.6 is 23.2 Å². The van der Waals surface area contributed by atoms with Crippen molar-refractivity contribution in [2.24, 2.45) is 0 Å². The van der Waals surface area contributed by atoms with Crippen molar-refractivity contribution in [3.63, 3.8) is 0 Å². The first-order valence-corrected chi connectivity index (χ1v) is 12.9. The third kappa shape index (κ3) is 6.68. The van der Waals surface area contributed by atoms with Crippen molar-refractivity contribution in [2.75, 3.05) is 20.6 Å². The van der Waals surface area contributed by atoms with Crippen LogP contribution in [0.5, 0.6) is 0 Å².